The van der Waals surface area contributed by atoms with Gasteiger partial charge in [0, 0.05) is 22.7 Å². The maximum Gasteiger partial charge on any atom is 0.227 e. The first-order valence-corrected chi connectivity index (χ1v) is 4.20. The molecule has 0 aliphatic carbocycles. The highest BCUT2D eigenvalue weighted by atomic mass is 16.1. The normalized spacial score (nSPS) is 10.9. The van der Waals surface area contributed by atoms with Gasteiger partial charge in [0.1, 0.15) is 0 Å². The summed E-state index contributed by atoms with van der Waals surface area (Å²) >= 11 is 0. The molecule has 1 amide bonds. The van der Waals surface area contributed by atoms with Gasteiger partial charge in [0.25, 0.3) is 0 Å². The second kappa shape index (κ2) is 3.74. The predicted molar refractivity (Wildman–Crippen MR) is 55.1 cm³/mol. The van der Waals surface area contributed by atoms with Crippen molar-refractivity contribution in [1.29, 1.82) is 0 Å². The van der Waals surface area contributed by atoms with E-state index in [2.05, 4.69) is 15.5 Å². The SMILES string of the molecule is O=CN/N=C/c1c[nH]c2ccccc12. The molecule has 0 aliphatic rings. The number of hydrogen-bond acceptors (Lipinski definition) is 2. The molecule has 0 saturated heterocycles. The summed E-state index contributed by atoms with van der Waals surface area (Å²) in [5, 5.41) is 4.81. The third kappa shape index (κ3) is 1.50. The maximum absolute atomic E-state index is 9.96. The van der Waals surface area contributed by atoms with Crippen LogP contribution in [0.15, 0.2) is 35.6 Å². The molecule has 2 aromatic rings. The molecule has 0 unspecified atom stereocenters. The Morgan fingerprint density at radius 1 is 1.36 bits per heavy atom. The summed E-state index contributed by atoms with van der Waals surface area (Å²) < 4.78 is 0. The first kappa shape index (κ1) is 8.50. The summed E-state index contributed by atoms with van der Waals surface area (Å²) in [7, 11) is 0. The topological polar surface area (TPSA) is 57.2 Å². The molecule has 1 aromatic heterocycles. The Bertz CT molecular complexity index is 473. The highest BCUT2D eigenvalue weighted by Crippen LogP contribution is 2.15. The number of hydrazone groups is 1. The lowest BCUT2D eigenvalue weighted by atomic mass is 10.2. The summed E-state index contributed by atoms with van der Waals surface area (Å²) in [6, 6.07) is 7.90. The number of nitrogens with zero attached hydrogens (tertiary/aromatic N) is 1. The van der Waals surface area contributed by atoms with Crippen LogP contribution in [-0.4, -0.2) is 17.6 Å². The molecule has 0 fully saturated rings. The second-order valence-electron chi connectivity index (χ2n) is 2.79. The summed E-state index contributed by atoms with van der Waals surface area (Å²) in [5.74, 6) is 0. The second-order valence-corrected chi connectivity index (χ2v) is 2.79. The van der Waals surface area contributed by atoms with Crippen LogP contribution < -0.4 is 5.43 Å². The minimum absolute atomic E-state index is 0.533. The highest BCUT2D eigenvalue weighted by molar-refractivity contribution is 5.98. The largest absolute Gasteiger partial charge is 0.361 e. The number of H-pyrrole nitrogens is 1. The van der Waals surface area contributed by atoms with Crippen LogP contribution >= 0.6 is 0 Å². The summed E-state index contributed by atoms with van der Waals surface area (Å²) in [4.78, 5) is 13.1. The Kier molecular flexibility index (Phi) is 2.27. The van der Waals surface area contributed by atoms with E-state index >= 15 is 0 Å². The van der Waals surface area contributed by atoms with Crippen molar-refractivity contribution >= 4 is 23.5 Å². The Labute approximate surface area is 80.6 Å². The minimum Gasteiger partial charge on any atom is -0.361 e. The molecular weight excluding hydrogens is 178 g/mol. The van der Waals surface area contributed by atoms with Gasteiger partial charge in [-0.1, -0.05) is 18.2 Å². The quantitative estimate of drug-likeness (QED) is 0.424. The average Bonchev–Trinajstić information content (AvgIpc) is 2.63. The van der Waals surface area contributed by atoms with Crippen molar-refractivity contribution in [2.24, 2.45) is 5.10 Å². The minimum atomic E-state index is 0.533. The van der Waals surface area contributed by atoms with Crippen LogP contribution in [0.5, 0.6) is 0 Å². The average molecular weight is 187 g/mol. The van der Waals surface area contributed by atoms with Crippen LogP contribution in [0.1, 0.15) is 5.56 Å². The van der Waals surface area contributed by atoms with Crippen LogP contribution in [-0.2, 0) is 4.79 Å². The monoisotopic (exact) mass is 187 g/mol. The summed E-state index contributed by atoms with van der Waals surface area (Å²) in [5.41, 5.74) is 4.24. The fraction of sp³-hybridized carbons (Fsp3) is 0. The van der Waals surface area contributed by atoms with Crippen molar-refractivity contribution in [3.63, 3.8) is 0 Å². The highest BCUT2D eigenvalue weighted by Gasteiger charge is 1.98. The summed E-state index contributed by atoms with van der Waals surface area (Å²) in [6.45, 7) is 0. The van der Waals surface area contributed by atoms with Gasteiger partial charge in [-0.2, -0.15) is 5.10 Å². The fourth-order valence-corrected chi connectivity index (χ4v) is 1.34. The third-order valence-electron chi connectivity index (χ3n) is 1.95. The molecule has 0 aliphatic heterocycles. The van der Waals surface area contributed by atoms with Gasteiger partial charge in [-0.05, 0) is 6.07 Å². The molecule has 14 heavy (non-hydrogen) atoms. The molecule has 0 radical (unpaired) electrons. The molecule has 1 aromatic carbocycles. The molecule has 0 bridgehead atoms. The zero-order valence-electron chi connectivity index (χ0n) is 7.40. The molecule has 4 nitrogen and oxygen atoms in total. The van der Waals surface area contributed by atoms with Gasteiger partial charge in [0.15, 0.2) is 0 Å². The first-order chi connectivity index (χ1) is 6.92. The number of fused-ring (bicyclic) bond motifs is 1. The standard InChI is InChI=1S/C10H9N3O/c14-7-13-12-6-8-5-11-10-4-2-1-3-9(8)10/h1-7,11H,(H,13,14)/b12-6+. The first-order valence-electron chi connectivity index (χ1n) is 4.20. The molecule has 1 heterocycles. The number of hydrogen-bond donors (Lipinski definition) is 2. The number of carbonyl (C=O) groups excluding carboxylic acids is 1. The number of aromatic nitrogens is 1. The fourth-order valence-electron chi connectivity index (χ4n) is 1.34. The third-order valence-corrected chi connectivity index (χ3v) is 1.95. The van der Waals surface area contributed by atoms with E-state index in [1.54, 1.807) is 6.21 Å². The Hall–Kier alpha value is -2.10. The molecule has 0 spiro atoms. The van der Waals surface area contributed by atoms with Gasteiger partial charge >= 0.3 is 0 Å². The lowest BCUT2D eigenvalue weighted by molar-refractivity contribution is -0.109. The van der Waals surface area contributed by atoms with Crippen molar-refractivity contribution in [2.75, 3.05) is 0 Å². The van der Waals surface area contributed by atoms with Crippen molar-refractivity contribution in [3.8, 4) is 0 Å². The smallest absolute Gasteiger partial charge is 0.227 e. The Morgan fingerprint density at radius 2 is 2.21 bits per heavy atom. The summed E-state index contributed by atoms with van der Waals surface area (Å²) in [6.07, 6.45) is 3.99. The van der Waals surface area contributed by atoms with Crippen molar-refractivity contribution in [2.45, 2.75) is 0 Å². The van der Waals surface area contributed by atoms with E-state index in [1.807, 2.05) is 30.5 Å². The molecular formula is C10H9N3O. The number of benzene rings is 1. The van der Waals surface area contributed by atoms with Gasteiger partial charge in [-0.3, -0.25) is 4.79 Å². The molecule has 0 saturated carbocycles. The Balaban J connectivity index is 2.38. The van der Waals surface area contributed by atoms with E-state index in [0.717, 1.165) is 16.5 Å². The number of amides is 1. The molecule has 0 atom stereocenters. The van der Waals surface area contributed by atoms with Crippen molar-refractivity contribution in [1.82, 2.24) is 10.4 Å². The van der Waals surface area contributed by atoms with Crippen molar-refractivity contribution in [3.05, 3.63) is 36.0 Å². The maximum atomic E-state index is 9.96. The van der Waals surface area contributed by atoms with Crippen molar-refractivity contribution < 1.29 is 4.79 Å². The van der Waals surface area contributed by atoms with Crippen LogP contribution in [0.4, 0.5) is 0 Å². The number of nitrogens with one attached hydrogen (secondary N) is 2. The molecule has 70 valence electrons. The van der Waals surface area contributed by atoms with Crippen LogP contribution in [0.2, 0.25) is 0 Å². The van der Waals surface area contributed by atoms with Gasteiger partial charge in [-0.15, -0.1) is 0 Å². The van der Waals surface area contributed by atoms with E-state index in [0.29, 0.717) is 6.41 Å². The van der Waals surface area contributed by atoms with E-state index < -0.39 is 0 Å². The lowest BCUT2D eigenvalue weighted by Gasteiger charge is -1.89. The molecule has 4 heteroatoms. The Morgan fingerprint density at radius 3 is 3.07 bits per heavy atom. The van der Waals surface area contributed by atoms with E-state index in [9.17, 15) is 4.79 Å². The van der Waals surface area contributed by atoms with E-state index in [-0.39, 0.29) is 0 Å². The van der Waals surface area contributed by atoms with Crippen LogP contribution in [0.25, 0.3) is 10.9 Å². The van der Waals surface area contributed by atoms with Gasteiger partial charge < -0.3 is 4.98 Å². The van der Waals surface area contributed by atoms with Gasteiger partial charge in [0.05, 0.1) is 6.21 Å². The number of aromatic amines is 1. The van der Waals surface area contributed by atoms with Gasteiger partial charge in [0.2, 0.25) is 6.41 Å². The molecule has 2 rings (SSSR count). The number of rotatable bonds is 3. The van der Waals surface area contributed by atoms with Crippen LogP contribution in [0, 0.1) is 0 Å². The zero-order chi connectivity index (χ0) is 9.80. The van der Waals surface area contributed by atoms with E-state index in [4.69, 9.17) is 0 Å². The van der Waals surface area contributed by atoms with Gasteiger partial charge in [-0.25, -0.2) is 5.43 Å². The number of carbonyl (C=O) groups is 1. The van der Waals surface area contributed by atoms with Crippen LogP contribution in [0.3, 0.4) is 0 Å². The predicted octanol–water partition coefficient (Wildman–Crippen LogP) is 1.25. The zero-order valence-corrected chi connectivity index (χ0v) is 7.40. The van der Waals surface area contributed by atoms with E-state index in [1.165, 1.54) is 0 Å². The molecule has 2 N–H and O–H groups in total. The number of para-hydroxylation sites is 1. The lowest BCUT2D eigenvalue weighted by Crippen LogP contribution is -2.00.